The zero-order valence-corrected chi connectivity index (χ0v) is 14.4. The monoisotopic (exact) mass is 366 g/mol. The summed E-state index contributed by atoms with van der Waals surface area (Å²) < 4.78 is 52.9. The van der Waals surface area contributed by atoms with Crippen LogP contribution in [0.2, 0.25) is 0 Å². The summed E-state index contributed by atoms with van der Waals surface area (Å²) in [5.41, 5.74) is 7.28. The van der Waals surface area contributed by atoms with Crippen molar-refractivity contribution in [1.82, 2.24) is 4.90 Å². The first-order valence-corrected chi connectivity index (χ1v) is 8.79. The van der Waals surface area contributed by atoms with Gasteiger partial charge in [-0.1, -0.05) is 12.1 Å². The number of halogens is 4. The molecule has 1 aliphatic heterocycles. The maximum Gasteiger partial charge on any atom is 0.161 e. The average Bonchev–Trinajstić information content (AvgIpc) is 3.07. The summed E-state index contributed by atoms with van der Waals surface area (Å²) in [4.78, 5) is 2.27. The molecule has 2 nitrogen and oxygen atoms in total. The number of rotatable bonds is 6. The molecule has 0 spiro atoms. The third-order valence-electron chi connectivity index (χ3n) is 5.00. The van der Waals surface area contributed by atoms with Crippen molar-refractivity contribution in [3.63, 3.8) is 0 Å². The lowest BCUT2D eigenvalue weighted by molar-refractivity contribution is 0.316. The van der Waals surface area contributed by atoms with Gasteiger partial charge in [-0.3, -0.25) is 0 Å². The molecule has 0 saturated carbocycles. The van der Waals surface area contributed by atoms with Crippen LogP contribution in [0.4, 0.5) is 17.6 Å². The number of likely N-dealkylation sites (tertiary alicyclic amines) is 1. The third kappa shape index (κ3) is 4.62. The van der Waals surface area contributed by atoms with Gasteiger partial charge in [-0.15, -0.1) is 0 Å². The fourth-order valence-electron chi connectivity index (χ4n) is 3.50. The predicted molar refractivity (Wildman–Crippen MR) is 92.8 cm³/mol. The van der Waals surface area contributed by atoms with Crippen LogP contribution in [-0.4, -0.2) is 30.6 Å². The zero-order chi connectivity index (χ0) is 18.7. The van der Waals surface area contributed by atoms with E-state index in [0.29, 0.717) is 18.4 Å². The van der Waals surface area contributed by atoms with E-state index in [-0.39, 0.29) is 23.8 Å². The molecule has 1 fully saturated rings. The Morgan fingerprint density at radius 2 is 1.69 bits per heavy atom. The van der Waals surface area contributed by atoms with Gasteiger partial charge in [0, 0.05) is 18.7 Å². The zero-order valence-electron chi connectivity index (χ0n) is 14.4. The molecule has 0 radical (unpaired) electrons. The van der Waals surface area contributed by atoms with Gasteiger partial charge in [0.15, 0.2) is 11.6 Å². The fourth-order valence-corrected chi connectivity index (χ4v) is 3.50. The van der Waals surface area contributed by atoms with Crippen molar-refractivity contribution in [3.05, 3.63) is 70.8 Å². The minimum Gasteiger partial charge on any atom is -0.327 e. The molecule has 0 aromatic heterocycles. The fraction of sp³-hybridized carbons (Fsp3) is 0.400. The first-order valence-electron chi connectivity index (χ1n) is 8.79. The molecular formula is C20H22F4N2. The van der Waals surface area contributed by atoms with Gasteiger partial charge in [-0.2, -0.15) is 0 Å². The molecule has 2 atom stereocenters. The van der Waals surface area contributed by atoms with Crippen molar-refractivity contribution >= 4 is 0 Å². The molecule has 0 unspecified atom stereocenters. The average molecular weight is 366 g/mol. The van der Waals surface area contributed by atoms with Crippen molar-refractivity contribution in [2.45, 2.75) is 31.2 Å². The highest BCUT2D eigenvalue weighted by atomic mass is 19.2. The molecule has 140 valence electrons. The van der Waals surface area contributed by atoms with Gasteiger partial charge in [0.05, 0.1) is 0 Å². The Morgan fingerprint density at radius 1 is 1.00 bits per heavy atom. The van der Waals surface area contributed by atoms with E-state index in [9.17, 15) is 17.6 Å². The van der Waals surface area contributed by atoms with Crippen LogP contribution >= 0.6 is 0 Å². The number of hydrogen-bond donors (Lipinski definition) is 1. The van der Waals surface area contributed by atoms with Gasteiger partial charge in [-0.05, 0) is 67.6 Å². The van der Waals surface area contributed by atoms with Crippen LogP contribution in [0.5, 0.6) is 0 Å². The van der Waals surface area contributed by atoms with E-state index >= 15 is 0 Å². The van der Waals surface area contributed by atoms with E-state index in [1.807, 2.05) is 12.1 Å². The van der Waals surface area contributed by atoms with Crippen molar-refractivity contribution in [3.8, 4) is 0 Å². The normalized spacial score (nSPS) is 19.0. The molecule has 2 aromatic rings. The first-order chi connectivity index (χ1) is 12.4. The van der Waals surface area contributed by atoms with Crippen molar-refractivity contribution in [2.24, 2.45) is 5.73 Å². The number of hydrogen-bond acceptors (Lipinski definition) is 2. The molecule has 2 aromatic carbocycles. The Kier molecular flexibility index (Phi) is 5.94. The largest absolute Gasteiger partial charge is 0.327 e. The first kappa shape index (κ1) is 18.9. The molecule has 3 rings (SSSR count). The highest BCUT2D eigenvalue weighted by Gasteiger charge is 2.24. The smallest absolute Gasteiger partial charge is 0.161 e. The van der Waals surface area contributed by atoms with E-state index < -0.39 is 17.5 Å². The Labute approximate surface area is 150 Å². The van der Waals surface area contributed by atoms with Crippen LogP contribution in [0.15, 0.2) is 36.4 Å². The molecule has 0 amide bonds. The lowest BCUT2D eigenvalue weighted by Crippen LogP contribution is -2.31. The van der Waals surface area contributed by atoms with Crippen molar-refractivity contribution in [2.75, 3.05) is 19.6 Å². The summed E-state index contributed by atoms with van der Waals surface area (Å²) in [6.45, 7) is 2.55. The lowest BCUT2D eigenvalue weighted by atomic mass is 9.98. The van der Waals surface area contributed by atoms with E-state index in [4.69, 9.17) is 5.73 Å². The molecule has 26 heavy (non-hydrogen) atoms. The van der Waals surface area contributed by atoms with Crippen LogP contribution in [0.3, 0.4) is 0 Å². The standard InChI is InChI=1S/C20H22F4N2/c21-16-3-1-13(2-4-16)14-5-7-26(12-14)8-6-17(25)9-15-10-19(23)20(24)11-18(15)22/h1-4,10-11,14,17H,5-9,12,25H2/t14-,17-/m0/s1. The molecule has 0 aliphatic carbocycles. The highest BCUT2D eigenvalue weighted by molar-refractivity contribution is 5.22. The molecule has 1 saturated heterocycles. The van der Waals surface area contributed by atoms with Crippen LogP contribution in [-0.2, 0) is 6.42 Å². The van der Waals surface area contributed by atoms with E-state index in [1.165, 1.54) is 12.1 Å². The molecule has 1 aliphatic rings. The molecular weight excluding hydrogens is 344 g/mol. The summed E-state index contributed by atoms with van der Waals surface area (Å²) in [6.07, 6.45) is 1.80. The van der Waals surface area contributed by atoms with Crippen LogP contribution in [0.25, 0.3) is 0 Å². The van der Waals surface area contributed by atoms with Gasteiger partial charge in [0.25, 0.3) is 0 Å². The van der Waals surface area contributed by atoms with Gasteiger partial charge in [-0.25, -0.2) is 17.6 Å². The number of nitrogens with two attached hydrogens (primary N) is 1. The SMILES string of the molecule is N[C@@H](CCN1CC[C@H](c2ccc(F)cc2)C1)Cc1cc(F)c(F)cc1F. The molecule has 1 heterocycles. The Morgan fingerprint density at radius 3 is 2.42 bits per heavy atom. The molecule has 0 bridgehead atoms. The minimum atomic E-state index is -1.19. The minimum absolute atomic E-state index is 0.0991. The summed E-state index contributed by atoms with van der Waals surface area (Å²) in [5, 5.41) is 0. The summed E-state index contributed by atoms with van der Waals surface area (Å²) in [5.74, 6) is -2.88. The van der Waals surface area contributed by atoms with Gasteiger partial charge >= 0.3 is 0 Å². The second-order valence-electron chi connectivity index (χ2n) is 6.95. The molecule has 2 N–H and O–H groups in total. The second kappa shape index (κ2) is 8.18. The van der Waals surface area contributed by atoms with Gasteiger partial charge < -0.3 is 10.6 Å². The maximum atomic E-state index is 13.7. The third-order valence-corrected chi connectivity index (χ3v) is 5.00. The second-order valence-corrected chi connectivity index (χ2v) is 6.95. The molecule has 6 heteroatoms. The van der Waals surface area contributed by atoms with Crippen molar-refractivity contribution in [1.29, 1.82) is 0 Å². The highest BCUT2D eigenvalue weighted by Crippen LogP contribution is 2.27. The van der Waals surface area contributed by atoms with E-state index in [2.05, 4.69) is 4.90 Å². The van der Waals surface area contributed by atoms with Crippen LogP contribution in [0.1, 0.15) is 29.9 Å². The van der Waals surface area contributed by atoms with Crippen LogP contribution in [0, 0.1) is 23.3 Å². The number of nitrogens with zero attached hydrogens (tertiary/aromatic N) is 1. The van der Waals surface area contributed by atoms with Crippen LogP contribution < -0.4 is 5.73 Å². The van der Waals surface area contributed by atoms with Crippen molar-refractivity contribution < 1.29 is 17.6 Å². The number of benzene rings is 2. The summed E-state index contributed by atoms with van der Waals surface area (Å²) in [7, 11) is 0. The maximum absolute atomic E-state index is 13.7. The van der Waals surface area contributed by atoms with Gasteiger partial charge in [0.2, 0.25) is 0 Å². The Hall–Kier alpha value is -1.92. The Balaban J connectivity index is 1.49. The predicted octanol–water partition coefficient (Wildman–Crippen LogP) is 3.99. The lowest BCUT2D eigenvalue weighted by Gasteiger charge is -2.19. The van der Waals surface area contributed by atoms with Gasteiger partial charge in [0.1, 0.15) is 11.6 Å². The summed E-state index contributed by atoms with van der Waals surface area (Å²) >= 11 is 0. The Bertz CT molecular complexity index is 748. The topological polar surface area (TPSA) is 29.3 Å². The quantitative estimate of drug-likeness (QED) is 0.619. The van der Waals surface area contributed by atoms with E-state index in [1.54, 1.807) is 0 Å². The summed E-state index contributed by atoms with van der Waals surface area (Å²) in [6, 6.07) is 7.70. The van der Waals surface area contributed by atoms with E-state index in [0.717, 1.165) is 37.7 Å².